The first kappa shape index (κ1) is 24.5. The van der Waals surface area contributed by atoms with Crippen LogP contribution in [-0.2, 0) is 20.1 Å². The Labute approximate surface area is 203 Å². The molecule has 1 unspecified atom stereocenters. The van der Waals surface area contributed by atoms with Crippen LogP contribution in [-0.4, -0.2) is 50.7 Å². The number of carbonyl (C=O) groups excluding carboxylic acids is 1. The van der Waals surface area contributed by atoms with Crippen molar-refractivity contribution in [1.29, 1.82) is 0 Å². The van der Waals surface area contributed by atoms with Crippen molar-refractivity contribution in [3.05, 3.63) is 62.3 Å². The van der Waals surface area contributed by atoms with Crippen LogP contribution < -0.4 is 26.6 Å². The minimum absolute atomic E-state index is 0.0152. The van der Waals surface area contributed by atoms with Gasteiger partial charge in [0.25, 0.3) is 5.56 Å². The largest absolute Gasteiger partial charge is 0.497 e. The lowest BCUT2D eigenvalue weighted by Crippen LogP contribution is -2.44. The number of carbonyl (C=O) groups is 1. The zero-order chi connectivity index (χ0) is 25.3. The molecule has 0 bridgehead atoms. The molecule has 0 aliphatic carbocycles. The first-order valence-corrected chi connectivity index (χ1v) is 11.7. The van der Waals surface area contributed by atoms with Crippen LogP contribution >= 0.6 is 0 Å². The molecule has 0 spiro atoms. The molecule has 1 aliphatic heterocycles. The van der Waals surface area contributed by atoms with Gasteiger partial charge in [-0.15, -0.1) is 0 Å². The van der Waals surface area contributed by atoms with Gasteiger partial charge in [0.15, 0.2) is 16.9 Å². The highest BCUT2D eigenvalue weighted by atomic mass is 16.5. The minimum atomic E-state index is -0.590. The molecule has 1 aliphatic rings. The highest BCUT2D eigenvalue weighted by Gasteiger charge is 2.26. The number of imidazole rings is 1. The number of nitrogens with two attached hydrogens (primary N) is 1. The second-order valence-electron chi connectivity index (χ2n) is 9.21. The van der Waals surface area contributed by atoms with Crippen molar-refractivity contribution in [3.63, 3.8) is 0 Å². The molecule has 1 saturated heterocycles. The van der Waals surface area contributed by atoms with Crippen LogP contribution in [0, 0.1) is 0 Å². The number of piperidine rings is 1. The number of methoxy groups -OCH3 is 1. The maximum absolute atomic E-state index is 13.7. The number of hydrogen-bond acceptors (Lipinski definition) is 7. The monoisotopic (exact) mass is 480 g/mol. The van der Waals surface area contributed by atoms with Crippen LogP contribution in [0.4, 0.5) is 5.95 Å². The number of nitrogens with zero attached hydrogens (tertiary/aromatic N) is 5. The Morgan fingerprint density at radius 1 is 1.26 bits per heavy atom. The Bertz CT molecular complexity index is 1410. The zero-order valence-corrected chi connectivity index (χ0v) is 20.7. The van der Waals surface area contributed by atoms with E-state index in [1.54, 1.807) is 31.3 Å². The van der Waals surface area contributed by atoms with Crippen molar-refractivity contribution in [2.75, 3.05) is 25.1 Å². The molecule has 10 nitrogen and oxygen atoms in total. The lowest BCUT2D eigenvalue weighted by Gasteiger charge is -2.31. The number of benzene rings is 1. The first-order valence-electron chi connectivity index (χ1n) is 11.7. The smallest absolute Gasteiger partial charge is 0.332 e. The summed E-state index contributed by atoms with van der Waals surface area (Å²) >= 11 is 0. The SMILES string of the molecule is COc1cccc(C(=O)Cn2c(=O)c3c(nc(N4CCCC(N)C4)n3CC=C(C)C)n(C)c2=O)c1. The summed E-state index contributed by atoms with van der Waals surface area (Å²) in [7, 11) is 3.08. The predicted octanol–water partition coefficient (Wildman–Crippen LogP) is 1.68. The van der Waals surface area contributed by atoms with Gasteiger partial charge in [-0.05, 0) is 38.8 Å². The number of fused-ring (bicyclic) bond motifs is 1. The molecule has 2 aromatic heterocycles. The molecule has 186 valence electrons. The van der Waals surface area contributed by atoms with Gasteiger partial charge in [0.2, 0.25) is 5.95 Å². The van der Waals surface area contributed by atoms with Gasteiger partial charge in [0.1, 0.15) is 5.75 Å². The second kappa shape index (κ2) is 9.91. The predicted molar refractivity (Wildman–Crippen MR) is 135 cm³/mol. The van der Waals surface area contributed by atoms with E-state index in [1.807, 2.05) is 24.5 Å². The molecule has 1 atom stereocenters. The summed E-state index contributed by atoms with van der Waals surface area (Å²) in [5.41, 5.74) is 7.11. The molecule has 4 rings (SSSR count). The number of aryl methyl sites for hydroxylation is 1. The Balaban J connectivity index is 1.86. The second-order valence-corrected chi connectivity index (χ2v) is 9.21. The van der Waals surface area contributed by atoms with Gasteiger partial charge in [-0.1, -0.05) is 23.8 Å². The van der Waals surface area contributed by atoms with E-state index in [0.29, 0.717) is 36.0 Å². The van der Waals surface area contributed by atoms with Crippen LogP contribution in [0.2, 0.25) is 0 Å². The maximum Gasteiger partial charge on any atom is 0.332 e. The van der Waals surface area contributed by atoms with Crippen molar-refractivity contribution in [2.45, 2.75) is 45.8 Å². The van der Waals surface area contributed by atoms with E-state index in [2.05, 4.69) is 4.90 Å². The Morgan fingerprint density at radius 3 is 2.71 bits per heavy atom. The van der Waals surface area contributed by atoms with Gasteiger partial charge in [-0.3, -0.25) is 18.7 Å². The Hall–Kier alpha value is -3.66. The average Bonchev–Trinajstić information content (AvgIpc) is 3.23. The van der Waals surface area contributed by atoms with Gasteiger partial charge in [0, 0.05) is 38.3 Å². The molecule has 10 heteroatoms. The summed E-state index contributed by atoms with van der Waals surface area (Å²) in [5, 5.41) is 0. The maximum atomic E-state index is 13.7. The molecular formula is C25H32N6O4. The van der Waals surface area contributed by atoms with E-state index in [-0.39, 0.29) is 23.9 Å². The summed E-state index contributed by atoms with van der Waals surface area (Å²) in [6.45, 7) is 5.38. The normalized spacial score (nSPS) is 15.9. The lowest BCUT2D eigenvalue weighted by atomic mass is 10.1. The van der Waals surface area contributed by atoms with Crippen LogP contribution in [0.25, 0.3) is 11.2 Å². The van der Waals surface area contributed by atoms with Gasteiger partial charge in [-0.2, -0.15) is 4.98 Å². The topological polar surface area (TPSA) is 117 Å². The third-order valence-corrected chi connectivity index (χ3v) is 6.33. The summed E-state index contributed by atoms with van der Waals surface area (Å²) in [6.07, 6.45) is 3.86. The fourth-order valence-corrected chi connectivity index (χ4v) is 4.41. The quantitative estimate of drug-likeness (QED) is 0.404. The van der Waals surface area contributed by atoms with Crippen LogP contribution in [0.15, 0.2) is 45.5 Å². The number of aromatic nitrogens is 4. The number of hydrogen-bond donors (Lipinski definition) is 1. The van der Waals surface area contributed by atoms with Crippen LogP contribution in [0.5, 0.6) is 5.75 Å². The van der Waals surface area contributed by atoms with Crippen molar-refractivity contribution >= 4 is 22.9 Å². The van der Waals surface area contributed by atoms with E-state index in [9.17, 15) is 14.4 Å². The summed E-state index contributed by atoms with van der Waals surface area (Å²) in [5.74, 6) is 0.771. The number of anilines is 1. The van der Waals surface area contributed by atoms with Crippen LogP contribution in [0.1, 0.15) is 37.0 Å². The van der Waals surface area contributed by atoms with E-state index in [0.717, 1.165) is 29.5 Å². The third-order valence-electron chi connectivity index (χ3n) is 6.33. The van der Waals surface area contributed by atoms with Crippen molar-refractivity contribution in [3.8, 4) is 5.75 Å². The molecular weight excluding hydrogens is 448 g/mol. The number of ether oxygens (including phenoxy) is 1. The van der Waals surface area contributed by atoms with Crippen LogP contribution in [0.3, 0.4) is 0 Å². The van der Waals surface area contributed by atoms with E-state index in [4.69, 9.17) is 15.5 Å². The summed E-state index contributed by atoms with van der Waals surface area (Å²) in [6, 6.07) is 6.66. The molecule has 0 saturated carbocycles. The van der Waals surface area contributed by atoms with E-state index < -0.39 is 11.2 Å². The molecule has 1 fully saturated rings. The molecule has 2 N–H and O–H groups in total. The summed E-state index contributed by atoms with van der Waals surface area (Å²) in [4.78, 5) is 46.6. The van der Waals surface area contributed by atoms with E-state index >= 15 is 0 Å². The number of ketones is 1. The van der Waals surface area contributed by atoms with E-state index in [1.165, 1.54) is 11.7 Å². The van der Waals surface area contributed by atoms with Crippen molar-refractivity contribution in [2.24, 2.45) is 12.8 Å². The molecule has 0 amide bonds. The van der Waals surface area contributed by atoms with Gasteiger partial charge < -0.3 is 19.9 Å². The highest BCUT2D eigenvalue weighted by molar-refractivity contribution is 5.96. The zero-order valence-electron chi connectivity index (χ0n) is 20.7. The third kappa shape index (κ3) is 4.79. The molecule has 1 aromatic carbocycles. The van der Waals surface area contributed by atoms with Gasteiger partial charge >= 0.3 is 5.69 Å². The molecule has 35 heavy (non-hydrogen) atoms. The summed E-state index contributed by atoms with van der Waals surface area (Å²) < 4.78 is 9.34. The fourth-order valence-electron chi connectivity index (χ4n) is 4.41. The fraction of sp³-hybridized carbons (Fsp3) is 0.440. The Kier molecular flexibility index (Phi) is 6.93. The number of allylic oxidation sites excluding steroid dienone is 2. The number of Topliss-reactive ketones (excluding diaryl/α,β-unsaturated/α-hetero) is 1. The highest BCUT2D eigenvalue weighted by Crippen LogP contribution is 2.23. The van der Waals surface area contributed by atoms with Gasteiger partial charge in [0.05, 0.1) is 13.7 Å². The minimum Gasteiger partial charge on any atom is -0.497 e. The standard InChI is InChI=1S/C25H32N6O4/c1-16(2)10-12-30-21-22(27-24(30)29-11-6-8-18(26)14-29)28(3)25(34)31(23(21)33)15-20(32)17-7-5-9-19(13-17)35-4/h5,7,9-10,13,18H,6,8,11-12,14-15,26H2,1-4H3. The average molecular weight is 481 g/mol. The van der Waals surface area contributed by atoms with Crippen molar-refractivity contribution < 1.29 is 9.53 Å². The lowest BCUT2D eigenvalue weighted by molar-refractivity contribution is 0.0968. The molecule has 3 heterocycles. The number of rotatable bonds is 7. The first-order chi connectivity index (χ1) is 16.7. The Morgan fingerprint density at radius 2 is 2.03 bits per heavy atom. The van der Waals surface area contributed by atoms with Gasteiger partial charge in [-0.25, -0.2) is 4.79 Å². The molecule has 3 aromatic rings. The molecule has 0 radical (unpaired) electrons. The van der Waals surface area contributed by atoms with Crippen molar-refractivity contribution in [1.82, 2.24) is 18.7 Å².